The highest BCUT2D eigenvalue weighted by molar-refractivity contribution is 5.35. The number of rotatable bonds is 0. The Labute approximate surface area is 67.6 Å². The Morgan fingerprint density at radius 2 is 2.45 bits per heavy atom. The molecule has 2 radical (unpaired) electrons. The van der Waals surface area contributed by atoms with E-state index in [4.69, 9.17) is 0 Å². The van der Waals surface area contributed by atoms with Crippen LogP contribution in [0.1, 0.15) is 24.0 Å². The topological polar surface area (TPSA) is 0 Å². The first-order chi connectivity index (χ1) is 5.38. The maximum Gasteiger partial charge on any atom is 0.00638 e. The molecule has 0 N–H and O–H groups in total. The SMILES string of the molecule is CC1[C]=CCc2cc[c]cc21. The van der Waals surface area contributed by atoms with Gasteiger partial charge in [0, 0.05) is 5.92 Å². The normalized spacial score (nSPS) is 21.4. The number of fused-ring (bicyclic) bond motifs is 1. The molecule has 0 fully saturated rings. The van der Waals surface area contributed by atoms with Crippen molar-refractivity contribution in [2.45, 2.75) is 19.3 Å². The maximum atomic E-state index is 3.29. The Morgan fingerprint density at radius 3 is 3.27 bits per heavy atom. The van der Waals surface area contributed by atoms with Crippen LogP contribution >= 0.6 is 0 Å². The second kappa shape index (κ2) is 2.54. The van der Waals surface area contributed by atoms with E-state index in [1.807, 2.05) is 6.07 Å². The Hall–Kier alpha value is -1.04. The Kier molecular flexibility index (Phi) is 1.54. The van der Waals surface area contributed by atoms with E-state index in [1.54, 1.807) is 0 Å². The molecule has 1 unspecified atom stereocenters. The van der Waals surface area contributed by atoms with Crippen LogP contribution in [-0.4, -0.2) is 0 Å². The fourth-order valence-electron chi connectivity index (χ4n) is 1.50. The first-order valence-corrected chi connectivity index (χ1v) is 3.94. The van der Waals surface area contributed by atoms with E-state index < -0.39 is 0 Å². The second-order valence-corrected chi connectivity index (χ2v) is 2.92. The first kappa shape index (κ1) is 6.66. The molecule has 0 nitrogen and oxygen atoms in total. The Balaban J connectivity index is 2.50. The molecule has 1 aliphatic carbocycles. The molecule has 0 saturated heterocycles. The fraction of sp³-hybridized carbons (Fsp3) is 0.273. The van der Waals surface area contributed by atoms with Gasteiger partial charge in [0.15, 0.2) is 0 Å². The molecule has 1 atom stereocenters. The van der Waals surface area contributed by atoms with Gasteiger partial charge in [-0.1, -0.05) is 31.2 Å². The molecule has 54 valence electrons. The van der Waals surface area contributed by atoms with Crippen molar-refractivity contribution in [2.24, 2.45) is 0 Å². The van der Waals surface area contributed by atoms with Crippen LogP contribution in [0.25, 0.3) is 0 Å². The molecule has 0 bridgehead atoms. The van der Waals surface area contributed by atoms with E-state index in [-0.39, 0.29) is 0 Å². The molecule has 1 aliphatic rings. The monoisotopic (exact) mass is 142 g/mol. The smallest absolute Gasteiger partial charge is 0.00638 e. The summed E-state index contributed by atoms with van der Waals surface area (Å²) in [6.07, 6.45) is 6.45. The molecule has 1 aromatic rings. The third-order valence-corrected chi connectivity index (χ3v) is 2.15. The molecular formula is C11H10. The van der Waals surface area contributed by atoms with E-state index in [0.717, 1.165) is 6.42 Å². The van der Waals surface area contributed by atoms with E-state index in [0.29, 0.717) is 5.92 Å². The van der Waals surface area contributed by atoms with Crippen LogP contribution in [0.15, 0.2) is 24.3 Å². The first-order valence-electron chi connectivity index (χ1n) is 3.94. The van der Waals surface area contributed by atoms with Crippen LogP contribution in [0, 0.1) is 12.1 Å². The fourth-order valence-corrected chi connectivity index (χ4v) is 1.50. The van der Waals surface area contributed by atoms with Crippen molar-refractivity contribution in [3.8, 4) is 0 Å². The number of benzene rings is 1. The lowest BCUT2D eigenvalue weighted by Gasteiger charge is -2.15. The minimum absolute atomic E-state index is 0.455. The summed E-state index contributed by atoms with van der Waals surface area (Å²) >= 11 is 0. The van der Waals surface area contributed by atoms with Gasteiger partial charge in [0.1, 0.15) is 0 Å². The van der Waals surface area contributed by atoms with Gasteiger partial charge in [-0.05, 0) is 29.7 Å². The van der Waals surface area contributed by atoms with E-state index >= 15 is 0 Å². The van der Waals surface area contributed by atoms with E-state index in [9.17, 15) is 0 Å². The molecule has 11 heavy (non-hydrogen) atoms. The van der Waals surface area contributed by atoms with Crippen LogP contribution < -0.4 is 0 Å². The van der Waals surface area contributed by atoms with Gasteiger partial charge in [-0.3, -0.25) is 0 Å². The van der Waals surface area contributed by atoms with Crippen LogP contribution in [0.3, 0.4) is 0 Å². The molecule has 0 heteroatoms. The highest BCUT2D eigenvalue weighted by Gasteiger charge is 2.09. The maximum absolute atomic E-state index is 3.29. The molecule has 0 heterocycles. The molecule has 0 amide bonds. The average molecular weight is 142 g/mol. The van der Waals surface area contributed by atoms with Crippen LogP contribution in [0.4, 0.5) is 0 Å². The minimum atomic E-state index is 0.455. The molecule has 2 rings (SSSR count). The van der Waals surface area contributed by atoms with Crippen molar-refractivity contribution in [2.75, 3.05) is 0 Å². The molecule has 0 spiro atoms. The van der Waals surface area contributed by atoms with Gasteiger partial charge in [0.2, 0.25) is 0 Å². The van der Waals surface area contributed by atoms with Gasteiger partial charge in [-0.2, -0.15) is 0 Å². The van der Waals surface area contributed by atoms with E-state index in [2.05, 4.69) is 37.3 Å². The number of hydrogen-bond donors (Lipinski definition) is 0. The summed E-state index contributed by atoms with van der Waals surface area (Å²) in [6, 6.07) is 9.29. The predicted octanol–water partition coefficient (Wildman–Crippen LogP) is 2.51. The van der Waals surface area contributed by atoms with Gasteiger partial charge in [-0.25, -0.2) is 0 Å². The summed E-state index contributed by atoms with van der Waals surface area (Å²) in [4.78, 5) is 0. The van der Waals surface area contributed by atoms with Crippen molar-refractivity contribution in [3.63, 3.8) is 0 Å². The molecule has 1 aromatic carbocycles. The zero-order valence-electron chi connectivity index (χ0n) is 6.59. The summed E-state index contributed by atoms with van der Waals surface area (Å²) in [5.41, 5.74) is 2.81. The zero-order chi connectivity index (χ0) is 7.68. The summed E-state index contributed by atoms with van der Waals surface area (Å²) in [6.45, 7) is 2.17. The van der Waals surface area contributed by atoms with Crippen molar-refractivity contribution in [1.29, 1.82) is 0 Å². The van der Waals surface area contributed by atoms with Gasteiger partial charge in [-0.15, -0.1) is 0 Å². The van der Waals surface area contributed by atoms with E-state index in [1.165, 1.54) is 11.1 Å². The van der Waals surface area contributed by atoms with Crippen LogP contribution in [0.5, 0.6) is 0 Å². The van der Waals surface area contributed by atoms with Gasteiger partial charge >= 0.3 is 0 Å². The molecule has 0 saturated carbocycles. The quantitative estimate of drug-likeness (QED) is 0.522. The lowest BCUT2D eigenvalue weighted by atomic mass is 9.89. The average Bonchev–Trinajstić information content (AvgIpc) is 2.06. The predicted molar refractivity (Wildman–Crippen MR) is 45.2 cm³/mol. The van der Waals surface area contributed by atoms with Crippen molar-refractivity contribution >= 4 is 0 Å². The highest BCUT2D eigenvalue weighted by Crippen LogP contribution is 2.24. The summed E-state index contributed by atoms with van der Waals surface area (Å²) < 4.78 is 0. The lowest BCUT2D eigenvalue weighted by Crippen LogP contribution is -2.01. The standard InChI is InChI=1S/C11H10/c1-9-5-4-7-10-6-2-3-8-11(9)10/h2,4,6,8-9H,7H2,1H3. The van der Waals surface area contributed by atoms with Gasteiger partial charge in [0.05, 0.1) is 0 Å². The summed E-state index contributed by atoms with van der Waals surface area (Å²) in [5.74, 6) is 0.455. The Bertz CT molecular complexity index is 284. The second-order valence-electron chi connectivity index (χ2n) is 2.92. The van der Waals surface area contributed by atoms with Crippen LogP contribution in [-0.2, 0) is 6.42 Å². The summed E-state index contributed by atoms with van der Waals surface area (Å²) in [5, 5.41) is 0. The molecule has 0 aromatic heterocycles. The Morgan fingerprint density at radius 1 is 1.55 bits per heavy atom. The van der Waals surface area contributed by atoms with Crippen molar-refractivity contribution < 1.29 is 0 Å². The van der Waals surface area contributed by atoms with Gasteiger partial charge < -0.3 is 0 Å². The molecule has 0 aliphatic heterocycles. The third kappa shape index (κ3) is 1.09. The van der Waals surface area contributed by atoms with Crippen molar-refractivity contribution in [1.82, 2.24) is 0 Å². The minimum Gasteiger partial charge on any atom is -0.0760 e. The largest absolute Gasteiger partial charge is 0.0760 e. The van der Waals surface area contributed by atoms with Crippen LogP contribution in [0.2, 0.25) is 0 Å². The summed E-state index contributed by atoms with van der Waals surface area (Å²) in [7, 11) is 0. The lowest BCUT2D eigenvalue weighted by molar-refractivity contribution is 0.882. The highest BCUT2D eigenvalue weighted by atomic mass is 14.1. The van der Waals surface area contributed by atoms with Crippen molar-refractivity contribution in [3.05, 3.63) is 47.5 Å². The zero-order valence-corrected chi connectivity index (χ0v) is 6.59. The van der Waals surface area contributed by atoms with Gasteiger partial charge in [0.25, 0.3) is 0 Å². The molecular weight excluding hydrogens is 132 g/mol. The number of hydrogen-bond acceptors (Lipinski definition) is 0. The third-order valence-electron chi connectivity index (χ3n) is 2.15. The number of allylic oxidation sites excluding steroid dienone is 2.